The summed E-state index contributed by atoms with van der Waals surface area (Å²) in [6.07, 6.45) is 0. The van der Waals surface area contributed by atoms with Crippen LogP contribution in [0.3, 0.4) is 0 Å². The zero-order chi connectivity index (χ0) is 14.3. The Morgan fingerprint density at radius 3 is 2.40 bits per heavy atom. The summed E-state index contributed by atoms with van der Waals surface area (Å²) in [5.74, 6) is -0.401. The zero-order valence-corrected chi connectivity index (χ0v) is 10.9. The average molecular weight is 264 g/mol. The molecular weight excluding hydrogens is 252 g/mol. The monoisotopic (exact) mass is 264 g/mol. The molecule has 3 rings (SSSR count). The van der Waals surface area contributed by atoms with E-state index in [2.05, 4.69) is 0 Å². The van der Waals surface area contributed by atoms with Crippen LogP contribution in [0.5, 0.6) is 0 Å². The lowest BCUT2D eigenvalue weighted by atomic mass is 9.86. The van der Waals surface area contributed by atoms with E-state index in [1.165, 1.54) is 0 Å². The summed E-state index contributed by atoms with van der Waals surface area (Å²) in [5, 5.41) is 20.7. The van der Waals surface area contributed by atoms with E-state index >= 15 is 0 Å². The van der Waals surface area contributed by atoms with Gasteiger partial charge >= 0.3 is 0 Å². The molecule has 0 amide bonds. The molecule has 1 aliphatic heterocycles. The van der Waals surface area contributed by atoms with Crippen molar-refractivity contribution in [2.24, 2.45) is 0 Å². The second-order valence-electron chi connectivity index (χ2n) is 4.85. The number of para-hydroxylation sites is 1. The highest BCUT2D eigenvalue weighted by molar-refractivity contribution is 6.15. The number of Topliss-reactive ketones (excluding diaryl/α,β-unsaturated/α-hetero) is 1. The second kappa shape index (κ2) is 4.19. The molecule has 0 bridgehead atoms. The summed E-state index contributed by atoms with van der Waals surface area (Å²) in [5.41, 5.74) is 0.512. The van der Waals surface area contributed by atoms with Gasteiger partial charge in [0.25, 0.3) is 0 Å². The van der Waals surface area contributed by atoms with Crippen molar-refractivity contribution in [2.45, 2.75) is 12.5 Å². The first kappa shape index (κ1) is 12.4. The molecule has 1 N–H and O–H groups in total. The minimum absolute atomic E-state index is 0.358. The molecule has 2 aromatic carbocycles. The second-order valence-corrected chi connectivity index (χ2v) is 4.85. The lowest BCUT2D eigenvalue weighted by Crippen LogP contribution is -2.44. The van der Waals surface area contributed by atoms with Crippen molar-refractivity contribution < 1.29 is 10.0 Å². The Bertz CT molecular complexity index is 731. The van der Waals surface area contributed by atoms with E-state index in [-0.39, 0.29) is 0 Å². The molecule has 98 valence electrons. The quantitative estimate of drug-likeness (QED) is 0.860. The molecule has 0 saturated carbocycles. The third-order valence-electron chi connectivity index (χ3n) is 3.65. The van der Waals surface area contributed by atoms with E-state index in [0.29, 0.717) is 16.8 Å². The highest BCUT2D eigenvalue weighted by atomic mass is 16.5. The molecule has 1 atom stereocenters. The third-order valence-corrected chi connectivity index (χ3v) is 3.65. The Morgan fingerprint density at radius 1 is 1.15 bits per heavy atom. The molecule has 4 heteroatoms. The van der Waals surface area contributed by atoms with Crippen LogP contribution in [0, 0.1) is 18.3 Å². The fourth-order valence-corrected chi connectivity index (χ4v) is 2.53. The van der Waals surface area contributed by atoms with Crippen LogP contribution in [0.4, 0.5) is 5.69 Å². The molecule has 2 aromatic rings. The van der Waals surface area contributed by atoms with E-state index in [1.54, 1.807) is 36.4 Å². The van der Waals surface area contributed by atoms with Crippen LogP contribution >= 0.6 is 0 Å². The maximum Gasteiger partial charge on any atom is 0.240 e. The van der Waals surface area contributed by atoms with Crippen LogP contribution in [0.15, 0.2) is 48.5 Å². The summed E-state index contributed by atoms with van der Waals surface area (Å²) in [6.45, 7) is 1.92. The predicted octanol–water partition coefficient (Wildman–Crippen LogP) is 2.81. The van der Waals surface area contributed by atoms with Gasteiger partial charge in [-0.2, -0.15) is 5.26 Å². The van der Waals surface area contributed by atoms with Crippen LogP contribution in [-0.2, 0) is 5.54 Å². The number of aryl methyl sites for hydroxylation is 1. The molecule has 0 radical (unpaired) electrons. The molecule has 4 nitrogen and oxygen atoms in total. The maximum absolute atomic E-state index is 12.6. The van der Waals surface area contributed by atoms with Crippen LogP contribution < -0.4 is 5.06 Å². The van der Waals surface area contributed by atoms with Gasteiger partial charge in [-0.25, -0.2) is 5.06 Å². The molecule has 0 saturated heterocycles. The highest BCUT2D eigenvalue weighted by Crippen LogP contribution is 2.43. The van der Waals surface area contributed by atoms with Gasteiger partial charge in [-0.05, 0) is 19.1 Å². The van der Waals surface area contributed by atoms with Crippen molar-refractivity contribution in [1.82, 2.24) is 0 Å². The summed E-state index contributed by atoms with van der Waals surface area (Å²) in [4.78, 5) is 12.6. The molecule has 1 heterocycles. The Balaban J connectivity index is 2.24. The first-order chi connectivity index (χ1) is 9.61. The number of rotatable bonds is 1. The first-order valence-electron chi connectivity index (χ1n) is 6.22. The van der Waals surface area contributed by atoms with E-state index in [0.717, 1.165) is 10.6 Å². The number of hydroxylamine groups is 1. The van der Waals surface area contributed by atoms with Gasteiger partial charge in [-0.1, -0.05) is 42.0 Å². The zero-order valence-electron chi connectivity index (χ0n) is 10.9. The predicted molar refractivity (Wildman–Crippen MR) is 73.5 cm³/mol. The molecule has 0 fully saturated rings. The van der Waals surface area contributed by atoms with E-state index in [1.807, 2.05) is 25.1 Å². The number of carbonyl (C=O) groups is 1. The minimum Gasteiger partial charge on any atom is -0.290 e. The number of anilines is 1. The van der Waals surface area contributed by atoms with Crippen molar-refractivity contribution in [1.29, 1.82) is 5.26 Å². The number of nitriles is 1. The molecule has 0 spiro atoms. The Labute approximate surface area is 116 Å². The summed E-state index contributed by atoms with van der Waals surface area (Å²) < 4.78 is 0. The van der Waals surface area contributed by atoms with Crippen molar-refractivity contribution >= 4 is 11.5 Å². The Morgan fingerprint density at radius 2 is 1.80 bits per heavy atom. The largest absolute Gasteiger partial charge is 0.290 e. The van der Waals surface area contributed by atoms with Crippen molar-refractivity contribution in [3.63, 3.8) is 0 Å². The van der Waals surface area contributed by atoms with E-state index < -0.39 is 11.3 Å². The van der Waals surface area contributed by atoms with Gasteiger partial charge in [-0.3, -0.25) is 10.0 Å². The number of nitrogens with zero attached hydrogens (tertiary/aromatic N) is 2. The van der Waals surface area contributed by atoms with Crippen LogP contribution in [0.2, 0.25) is 0 Å². The van der Waals surface area contributed by atoms with Gasteiger partial charge < -0.3 is 0 Å². The number of benzene rings is 2. The van der Waals surface area contributed by atoms with Gasteiger partial charge in [0.2, 0.25) is 11.3 Å². The van der Waals surface area contributed by atoms with Gasteiger partial charge in [0, 0.05) is 11.1 Å². The molecule has 1 aliphatic rings. The lowest BCUT2D eigenvalue weighted by molar-refractivity contribution is 0.0862. The van der Waals surface area contributed by atoms with Crippen molar-refractivity contribution in [2.75, 3.05) is 5.06 Å². The fourth-order valence-electron chi connectivity index (χ4n) is 2.53. The maximum atomic E-state index is 12.6. The van der Waals surface area contributed by atoms with Gasteiger partial charge in [0.1, 0.15) is 6.07 Å². The van der Waals surface area contributed by atoms with Gasteiger partial charge in [0.15, 0.2) is 0 Å². The summed E-state index contributed by atoms with van der Waals surface area (Å²) >= 11 is 0. The number of hydrogen-bond acceptors (Lipinski definition) is 4. The molecule has 1 unspecified atom stereocenters. The van der Waals surface area contributed by atoms with E-state index in [4.69, 9.17) is 0 Å². The number of carbonyl (C=O) groups excluding carboxylic acids is 1. The minimum atomic E-state index is -1.70. The smallest absolute Gasteiger partial charge is 0.240 e. The van der Waals surface area contributed by atoms with Crippen LogP contribution in [0.1, 0.15) is 21.5 Å². The molecule has 20 heavy (non-hydrogen) atoms. The average Bonchev–Trinajstić information content (AvgIpc) is 2.70. The van der Waals surface area contributed by atoms with Crippen LogP contribution in [-0.4, -0.2) is 11.0 Å². The lowest BCUT2D eigenvalue weighted by Gasteiger charge is -2.27. The summed E-state index contributed by atoms with van der Waals surface area (Å²) in [6, 6.07) is 15.7. The number of ketones is 1. The van der Waals surface area contributed by atoms with Gasteiger partial charge in [0.05, 0.1) is 5.69 Å². The number of hydrogen-bond donors (Lipinski definition) is 1. The number of fused-ring (bicyclic) bond motifs is 1. The van der Waals surface area contributed by atoms with Crippen molar-refractivity contribution in [3.8, 4) is 6.07 Å². The molecule has 0 aliphatic carbocycles. The normalized spacial score (nSPS) is 20.6. The first-order valence-corrected chi connectivity index (χ1v) is 6.22. The summed E-state index contributed by atoms with van der Waals surface area (Å²) in [7, 11) is 0. The Hall–Kier alpha value is -2.64. The van der Waals surface area contributed by atoms with Crippen molar-refractivity contribution in [3.05, 3.63) is 65.2 Å². The molecular formula is C16H12N2O2. The fraction of sp³-hybridized carbons (Fsp3) is 0.125. The SMILES string of the molecule is Cc1ccc(C2(C#N)C(=O)c3ccccc3N2O)cc1. The standard InChI is InChI=1S/C16H12N2O2/c1-11-6-8-12(9-7-11)16(10-17)15(19)13-4-2-3-5-14(13)18(16)20/h2-9,20H,1H3. The highest BCUT2D eigenvalue weighted by Gasteiger charge is 2.53. The topological polar surface area (TPSA) is 64.3 Å². The van der Waals surface area contributed by atoms with Crippen LogP contribution in [0.25, 0.3) is 0 Å². The third kappa shape index (κ3) is 1.41. The molecule has 0 aromatic heterocycles. The Kier molecular flexibility index (Phi) is 2.60. The van der Waals surface area contributed by atoms with Gasteiger partial charge in [-0.15, -0.1) is 0 Å². The van der Waals surface area contributed by atoms with E-state index in [9.17, 15) is 15.3 Å².